The number of halogens is 1. The molecule has 0 saturated carbocycles. The predicted octanol–water partition coefficient (Wildman–Crippen LogP) is 5.41. The van der Waals surface area contributed by atoms with Crippen LogP contribution in [0, 0.1) is 15.9 Å². The predicted molar refractivity (Wildman–Crippen MR) is 117 cm³/mol. The van der Waals surface area contributed by atoms with Crippen molar-refractivity contribution in [3.05, 3.63) is 88.2 Å². The molecular formula is C22H19FN2O5S. The van der Waals surface area contributed by atoms with Crippen LogP contribution in [-0.4, -0.2) is 23.7 Å². The number of ether oxygens (including phenoxy) is 2. The van der Waals surface area contributed by atoms with Gasteiger partial charge in [0.05, 0.1) is 23.5 Å². The van der Waals surface area contributed by atoms with Gasteiger partial charge in [-0.1, -0.05) is 24.3 Å². The topological polar surface area (TPSA) is 90.7 Å². The van der Waals surface area contributed by atoms with E-state index in [1.807, 2.05) is 0 Å². The Hall–Kier alpha value is -3.59. The summed E-state index contributed by atoms with van der Waals surface area (Å²) in [6.07, 6.45) is 0. The number of carbonyl (C=O) groups excluding carboxylic acids is 1. The van der Waals surface area contributed by atoms with Gasteiger partial charge in [0.2, 0.25) is 5.91 Å². The van der Waals surface area contributed by atoms with E-state index in [2.05, 4.69) is 5.32 Å². The van der Waals surface area contributed by atoms with Crippen molar-refractivity contribution in [3.8, 4) is 17.2 Å². The molecule has 1 amide bonds. The molecule has 0 aliphatic carbocycles. The zero-order chi connectivity index (χ0) is 22.2. The fourth-order valence-electron chi connectivity index (χ4n) is 2.73. The summed E-state index contributed by atoms with van der Waals surface area (Å²) >= 11 is 1.31. The number of benzene rings is 3. The third kappa shape index (κ3) is 6.19. The molecule has 9 heteroatoms. The molecule has 160 valence electrons. The van der Waals surface area contributed by atoms with E-state index < -0.39 is 10.7 Å². The summed E-state index contributed by atoms with van der Waals surface area (Å²) in [5, 5.41) is 13.9. The Balaban J connectivity index is 1.58. The summed E-state index contributed by atoms with van der Waals surface area (Å²) in [6, 6.07) is 17.3. The highest BCUT2D eigenvalue weighted by atomic mass is 32.2. The van der Waals surface area contributed by atoms with Gasteiger partial charge in [-0.25, -0.2) is 4.39 Å². The number of nitrogens with zero attached hydrogens (tertiary/aromatic N) is 1. The molecule has 1 N–H and O–H groups in total. The monoisotopic (exact) mass is 442 g/mol. The lowest BCUT2D eigenvalue weighted by Gasteiger charge is -2.12. The first-order valence-electron chi connectivity index (χ1n) is 9.17. The molecule has 0 spiro atoms. The Morgan fingerprint density at radius 3 is 2.65 bits per heavy atom. The van der Waals surface area contributed by atoms with E-state index in [9.17, 15) is 19.3 Å². The molecule has 0 radical (unpaired) electrons. The number of rotatable bonds is 9. The normalized spacial score (nSPS) is 10.4. The number of para-hydroxylation sites is 2. The molecule has 3 rings (SSSR count). The maximum atomic E-state index is 13.4. The second kappa shape index (κ2) is 10.4. The Morgan fingerprint density at radius 2 is 1.90 bits per heavy atom. The van der Waals surface area contributed by atoms with Crippen LogP contribution in [-0.2, 0) is 10.5 Å². The van der Waals surface area contributed by atoms with Crippen LogP contribution in [0.2, 0.25) is 0 Å². The average Bonchev–Trinajstić information content (AvgIpc) is 2.75. The molecule has 0 aliphatic heterocycles. The minimum atomic E-state index is -0.505. The van der Waals surface area contributed by atoms with E-state index in [1.54, 1.807) is 36.4 Å². The van der Waals surface area contributed by atoms with E-state index in [0.29, 0.717) is 28.5 Å². The lowest BCUT2D eigenvalue weighted by atomic mass is 10.2. The van der Waals surface area contributed by atoms with Crippen LogP contribution in [0.3, 0.4) is 0 Å². The number of anilines is 1. The number of thioether (sulfide) groups is 1. The highest BCUT2D eigenvalue weighted by Gasteiger charge is 2.15. The summed E-state index contributed by atoms with van der Waals surface area (Å²) in [5.74, 6) is 0.756. The van der Waals surface area contributed by atoms with Crippen molar-refractivity contribution >= 4 is 29.0 Å². The molecular weight excluding hydrogens is 423 g/mol. The number of hydrogen-bond donors (Lipinski definition) is 1. The lowest BCUT2D eigenvalue weighted by molar-refractivity contribution is -0.385. The highest BCUT2D eigenvalue weighted by molar-refractivity contribution is 7.99. The van der Waals surface area contributed by atoms with Crippen LogP contribution in [0.1, 0.15) is 5.56 Å². The molecule has 0 saturated heterocycles. The van der Waals surface area contributed by atoms with Crippen LogP contribution in [0.25, 0.3) is 0 Å². The first-order valence-corrected chi connectivity index (χ1v) is 10.3. The summed E-state index contributed by atoms with van der Waals surface area (Å²) in [4.78, 5) is 23.0. The van der Waals surface area contributed by atoms with Gasteiger partial charge in [0.1, 0.15) is 11.6 Å². The first-order chi connectivity index (χ1) is 15.0. The van der Waals surface area contributed by atoms with E-state index in [4.69, 9.17) is 9.47 Å². The summed E-state index contributed by atoms with van der Waals surface area (Å²) in [7, 11) is 1.37. The highest BCUT2D eigenvalue weighted by Crippen LogP contribution is 2.31. The summed E-state index contributed by atoms with van der Waals surface area (Å²) < 4.78 is 24.0. The van der Waals surface area contributed by atoms with Gasteiger partial charge in [0, 0.05) is 17.9 Å². The number of hydrogen-bond acceptors (Lipinski definition) is 6. The quantitative estimate of drug-likeness (QED) is 0.352. The van der Waals surface area contributed by atoms with Crippen molar-refractivity contribution in [3.63, 3.8) is 0 Å². The van der Waals surface area contributed by atoms with Gasteiger partial charge in [0.15, 0.2) is 11.5 Å². The van der Waals surface area contributed by atoms with Crippen LogP contribution < -0.4 is 14.8 Å². The fourth-order valence-corrected chi connectivity index (χ4v) is 3.51. The minimum absolute atomic E-state index is 0.117. The maximum Gasteiger partial charge on any atom is 0.311 e. The molecule has 0 heterocycles. The zero-order valence-electron chi connectivity index (χ0n) is 16.5. The van der Waals surface area contributed by atoms with Crippen LogP contribution in [0.4, 0.5) is 15.8 Å². The van der Waals surface area contributed by atoms with Gasteiger partial charge in [-0.05, 0) is 35.9 Å². The maximum absolute atomic E-state index is 13.4. The third-order valence-corrected chi connectivity index (χ3v) is 5.13. The van der Waals surface area contributed by atoms with E-state index in [0.717, 1.165) is 0 Å². The number of methoxy groups -OCH3 is 1. The molecule has 0 aliphatic rings. The lowest BCUT2D eigenvalue weighted by Crippen LogP contribution is -2.14. The van der Waals surface area contributed by atoms with Crippen molar-refractivity contribution in [2.75, 3.05) is 18.2 Å². The van der Waals surface area contributed by atoms with Crippen molar-refractivity contribution in [2.24, 2.45) is 0 Å². The first kappa shape index (κ1) is 22.1. The Labute approximate surface area is 182 Å². The van der Waals surface area contributed by atoms with E-state index in [1.165, 1.54) is 49.2 Å². The smallest absolute Gasteiger partial charge is 0.311 e. The van der Waals surface area contributed by atoms with Crippen molar-refractivity contribution in [1.82, 2.24) is 0 Å². The SMILES string of the molecule is COc1ccc(CSCC(=O)Nc2ccccc2Oc2cccc(F)c2)cc1[N+](=O)[O-]. The number of amides is 1. The summed E-state index contributed by atoms with van der Waals surface area (Å²) in [5.41, 5.74) is 1.05. The Kier molecular flexibility index (Phi) is 7.45. The number of nitrogens with one attached hydrogen (secondary N) is 1. The zero-order valence-corrected chi connectivity index (χ0v) is 17.4. The van der Waals surface area contributed by atoms with Gasteiger partial charge in [-0.3, -0.25) is 14.9 Å². The van der Waals surface area contributed by atoms with Gasteiger partial charge in [-0.15, -0.1) is 11.8 Å². The summed E-state index contributed by atoms with van der Waals surface area (Å²) in [6.45, 7) is 0. The van der Waals surface area contributed by atoms with Gasteiger partial charge in [-0.2, -0.15) is 0 Å². The van der Waals surface area contributed by atoms with E-state index >= 15 is 0 Å². The Morgan fingerprint density at radius 1 is 1.10 bits per heavy atom. The van der Waals surface area contributed by atoms with Gasteiger partial charge >= 0.3 is 5.69 Å². The molecule has 0 unspecified atom stereocenters. The van der Waals surface area contributed by atoms with Crippen LogP contribution >= 0.6 is 11.8 Å². The second-order valence-electron chi connectivity index (χ2n) is 6.36. The number of nitro benzene ring substituents is 1. The van der Waals surface area contributed by atoms with Crippen LogP contribution in [0.5, 0.6) is 17.2 Å². The van der Waals surface area contributed by atoms with Gasteiger partial charge < -0.3 is 14.8 Å². The second-order valence-corrected chi connectivity index (χ2v) is 7.35. The molecule has 0 bridgehead atoms. The van der Waals surface area contributed by atoms with E-state index in [-0.39, 0.29) is 23.1 Å². The van der Waals surface area contributed by atoms with Crippen LogP contribution in [0.15, 0.2) is 66.7 Å². The number of nitro groups is 1. The molecule has 3 aromatic carbocycles. The fraction of sp³-hybridized carbons (Fsp3) is 0.136. The minimum Gasteiger partial charge on any atom is -0.490 e. The average molecular weight is 442 g/mol. The van der Waals surface area contributed by atoms with Gasteiger partial charge in [0.25, 0.3) is 0 Å². The molecule has 3 aromatic rings. The molecule has 0 fully saturated rings. The molecule has 0 aromatic heterocycles. The third-order valence-electron chi connectivity index (χ3n) is 4.13. The molecule has 0 atom stereocenters. The van der Waals surface area contributed by atoms with Crippen molar-refractivity contribution in [1.29, 1.82) is 0 Å². The Bertz CT molecular complexity index is 1090. The van der Waals surface area contributed by atoms with Crippen molar-refractivity contribution in [2.45, 2.75) is 5.75 Å². The molecule has 31 heavy (non-hydrogen) atoms. The standard InChI is InChI=1S/C22H19FN2O5S/c1-29-21-10-9-15(11-19(21)25(27)28)13-31-14-22(26)24-18-7-2-3-8-20(18)30-17-6-4-5-16(23)12-17/h2-12H,13-14H2,1H3,(H,24,26). The number of carbonyl (C=O) groups is 1. The molecule has 7 nitrogen and oxygen atoms in total. The largest absolute Gasteiger partial charge is 0.490 e. The van der Waals surface area contributed by atoms with Crippen molar-refractivity contribution < 1.29 is 23.6 Å².